The predicted octanol–water partition coefficient (Wildman–Crippen LogP) is 8.45. The molecule has 0 fully saturated rings. The number of fused-ring (bicyclic) bond motifs is 2. The molecule has 0 aliphatic heterocycles. The van der Waals surface area contributed by atoms with Crippen LogP contribution in [0.3, 0.4) is 0 Å². The van der Waals surface area contributed by atoms with Crippen molar-refractivity contribution in [1.29, 1.82) is 0 Å². The lowest BCUT2D eigenvalue weighted by Gasteiger charge is -2.11. The number of nitrogens with two attached hydrogens (primary N) is 3. The molecule has 0 radical (unpaired) electrons. The second kappa shape index (κ2) is 15.6. The van der Waals surface area contributed by atoms with Crippen LogP contribution in [-0.4, -0.2) is 49.1 Å². The van der Waals surface area contributed by atoms with Crippen LogP contribution in [0.15, 0.2) is 124 Å². The van der Waals surface area contributed by atoms with E-state index < -0.39 is 67.9 Å². The topological polar surface area (TPSA) is 356 Å². The molecule has 59 heavy (non-hydrogen) atoms. The zero-order valence-electron chi connectivity index (χ0n) is 29.8. The number of nitrogen functional groups attached to an aromatic ring is 2. The van der Waals surface area contributed by atoms with E-state index in [1.807, 2.05) is 0 Å². The third kappa shape index (κ3) is 8.65. The van der Waals surface area contributed by atoms with E-state index in [-0.39, 0.29) is 43.9 Å². The van der Waals surface area contributed by atoms with Gasteiger partial charge in [-0.2, -0.15) is 30.4 Å². The lowest BCUT2D eigenvalue weighted by Crippen LogP contribution is -2.04. The number of hydrogen-bond acceptors (Lipinski definition) is 17. The van der Waals surface area contributed by atoms with Gasteiger partial charge in [0.2, 0.25) is 0 Å². The molecule has 0 aromatic heterocycles. The minimum atomic E-state index is -5.15. The van der Waals surface area contributed by atoms with E-state index in [2.05, 4.69) is 30.7 Å². The van der Waals surface area contributed by atoms with Gasteiger partial charge in [-0.25, -0.2) is 0 Å². The highest BCUT2D eigenvalue weighted by Crippen LogP contribution is 2.45. The Morgan fingerprint density at radius 2 is 1.17 bits per heavy atom. The third-order valence-electron chi connectivity index (χ3n) is 8.59. The van der Waals surface area contributed by atoms with Crippen molar-refractivity contribution in [3.05, 3.63) is 95.1 Å². The van der Waals surface area contributed by atoms with E-state index in [0.717, 1.165) is 42.5 Å². The number of halogens is 1. The number of phenols is 2. The summed E-state index contributed by atoms with van der Waals surface area (Å²) in [5.41, 5.74) is 18.0. The number of aromatic hydroxyl groups is 2. The summed E-state index contributed by atoms with van der Waals surface area (Å²) in [6.07, 6.45) is 2.93. The van der Waals surface area contributed by atoms with Crippen LogP contribution in [0.2, 0.25) is 5.02 Å². The number of nitrogens with zero attached hydrogens (tertiary/aromatic N) is 6. The summed E-state index contributed by atoms with van der Waals surface area (Å²) in [6.45, 7) is 1.76. The van der Waals surface area contributed by atoms with E-state index in [4.69, 9.17) is 28.8 Å². The Bertz CT molecular complexity index is 3230. The van der Waals surface area contributed by atoms with Gasteiger partial charge in [-0.05, 0) is 90.8 Å². The van der Waals surface area contributed by atoms with Crippen molar-refractivity contribution in [3.63, 3.8) is 0 Å². The zero-order valence-corrected chi connectivity index (χ0v) is 33.0. The van der Waals surface area contributed by atoms with Gasteiger partial charge in [0.15, 0.2) is 5.75 Å². The molecular weight excluding hydrogens is 854 g/mol. The Labute approximate surface area is 339 Å². The van der Waals surface area contributed by atoms with Crippen molar-refractivity contribution in [2.75, 3.05) is 11.5 Å². The minimum Gasteiger partial charge on any atom is -0.506 e. The standard InChI is InChI=1S/C35H28ClN9O11S3/c1-16-19(8-9-37)24(38)4-5-26(16)40-42-28-7-6-27(20-3-2-18(12-22(20)28)57(48,49)50)41-44-30-14-23(36)29(15-31(30)46)43-45-34-33(59(54,55)56)11-17-10-32(58(51,52)53)25(39)13-21(17)35(34)47/h2-15,46-47H,37-39H2,1H3,(H,48,49,50)(H,51,52,53)(H,54,55,56)/b9-8-,42-40?,44-41?,45-43?. The molecular formula is C35H28ClN9O11S3. The Morgan fingerprint density at radius 1 is 0.593 bits per heavy atom. The molecule has 0 saturated heterocycles. The van der Waals surface area contributed by atoms with Crippen molar-refractivity contribution < 1.29 is 49.1 Å². The summed E-state index contributed by atoms with van der Waals surface area (Å²) in [6, 6.07) is 14.4. The zero-order chi connectivity index (χ0) is 43.2. The molecule has 0 saturated carbocycles. The van der Waals surface area contributed by atoms with Gasteiger partial charge in [-0.3, -0.25) is 13.7 Å². The van der Waals surface area contributed by atoms with Gasteiger partial charge in [0.25, 0.3) is 30.4 Å². The van der Waals surface area contributed by atoms with Crippen LogP contribution >= 0.6 is 11.6 Å². The van der Waals surface area contributed by atoms with Crippen molar-refractivity contribution in [2.24, 2.45) is 36.4 Å². The van der Waals surface area contributed by atoms with E-state index in [0.29, 0.717) is 27.9 Å². The maximum Gasteiger partial charge on any atom is 0.296 e. The molecule has 0 aliphatic rings. The number of phenolic OH excluding ortho intramolecular Hbond substituents is 2. The largest absolute Gasteiger partial charge is 0.506 e. The molecule has 0 spiro atoms. The van der Waals surface area contributed by atoms with Crippen molar-refractivity contribution in [1.82, 2.24) is 0 Å². The molecule has 20 nitrogen and oxygen atoms in total. The van der Waals surface area contributed by atoms with Crippen LogP contribution < -0.4 is 17.2 Å². The summed E-state index contributed by atoms with van der Waals surface area (Å²) < 4.78 is 101. The fourth-order valence-electron chi connectivity index (χ4n) is 5.72. The predicted molar refractivity (Wildman–Crippen MR) is 218 cm³/mol. The van der Waals surface area contributed by atoms with Gasteiger partial charge in [0.05, 0.1) is 32.7 Å². The number of rotatable bonds is 10. The monoisotopic (exact) mass is 881 g/mol. The molecule has 6 aromatic carbocycles. The minimum absolute atomic E-state index is 0.146. The average Bonchev–Trinajstić information content (AvgIpc) is 3.15. The summed E-state index contributed by atoms with van der Waals surface area (Å²) >= 11 is 6.39. The van der Waals surface area contributed by atoms with Gasteiger partial charge in [-0.1, -0.05) is 17.7 Å². The van der Waals surface area contributed by atoms with Gasteiger partial charge in [0.1, 0.15) is 32.6 Å². The molecule has 0 heterocycles. The van der Waals surface area contributed by atoms with Gasteiger partial charge in [0, 0.05) is 33.5 Å². The first kappa shape index (κ1) is 42.0. The van der Waals surface area contributed by atoms with Gasteiger partial charge >= 0.3 is 0 Å². The second-order valence-electron chi connectivity index (χ2n) is 12.4. The maximum absolute atomic E-state index is 12.3. The molecule has 0 amide bonds. The number of hydrogen-bond donors (Lipinski definition) is 8. The van der Waals surface area contributed by atoms with Crippen LogP contribution in [0.25, 0.3) is 27.6 Å². The first-order valence-corrected chi connectivity index (χ1v) is 20.9. The third-order valence-corrected chi connectivity index (χ3v) is 11.5. The summed E-state index contributed by atoms with van der Waals surface area (Å²) in [5, 5.41) is 45.9. The quantitative estimate of drug-likeness (QED) is 0.0363. The number of azo groups is 3. The van der Waals surface area contributed by atoms with E-state index in [1.165, 1.54) is 24.4 Å². The molecule has 6 aromatic rings. The SMILES string of the molecule is Cc1c(N=Nc2ccc(N=Nc3cc(Cl)c(N=Nc4c(S(=O)(=O)O)cc5cc(S(=O)(=O)O)c(N)cc5c4O)cc3O)c3ccc(S(=O)(=O)O)cc23)ccc(N)c1/C=C\N. The van der Waals surface area contributed by atoms with Crippen LogP contribution in [0.5, 0.6) is 11.5 Å². The maximum atomic E-state index is 12.3. The van der Waals surface area contributed by atoms with Crippen LogP contribution in [0.4, 0.5) is 45.5 Å². The Hall–Kier alpha value is -6.60. The molecule has 304 valence electrons. The van der Waals surface area contributed by atoms with Crippen molar-refractivity contribution >= 4 is 115 Å². The van der Waals surface area contributed by atoms with Gasteiger partial charge < -0.3 is 27.4 Å². The number of anilines is 2. The molecule has 0 bridgehead atoms. The summed E-state index contributed by atoms with van der Waals surface area (Å²) in [7, 11) is -14.7. The Morgan fingerprint density at radius 3 is 1.80 bits per heavy atom. The van der Waals surface area contributed by atoms with E-state index in [9.17, 15) is 49.1 Å². The fraction of sp³-hybridized carbons (Fsp3) is 0.0286. The average molecular weight is 882 g/mol. The fourth-order valence-corrected chi connectivity index (χ4v) is 7.71. The Balaban J connectivity index is 1.38. The van der Waals surface area contributed by atoms with Crippen molar-refractivity contribution in [2.45, 2.75) is 21.6 Å². The summed E-state index contributed by atoms with van der Waals surface area (Å²) in [5.74, 6) is -1.47. The molecule has 0 atom stereocenters. The molecule has 6 rings (SSSR count). The van der Waals surface area contributed by atoms with Crippen LogP contribution in [0.1, 0.15) is 11.1 Å². The molecule has 24 heteroatoms. The first-order valence-electron chi connectivity index (χ1n) is 16.2. The normalized spacial score (nSPS) is 13.0. The highest BCUT2D eigenvalue weighted by molar-refractivity contribution is 7.86. The Kier molecular flexibility index (Phi) is 11.1. The summed E-state index contributed by atoms with van der Waals surface area (Å²) in [4.78, 5) is -2.25. The lowest BCUT2D eigenvalue weighted by molar-refractivity contribution is 0.471. The highest BCUT2D eigenvalue weighted by Gasteiger charge is 2.25. The van der Waals surface area contributed by atoms with Crippen LogP contribution in [0, 0.1) is 6.92 Å². The molecule has 0 aliphatic carbocycles. The van der Waals surface area contributed by atoms with E-state index >= 15 is 0 Å². The van der Waals surface area contributed by atoms with Crippen molar-refractivity contribution in [3.8, 4) is 11.5 Å². The lowest BCUT2D eigenvalue weighted by atomic mass is 10.0. The number of benzene rings is 6. The first-order chi connectivity index (χ1) is 27.6. The molecule has 11 N–H and O–H groups in total. The van der Waals surface area contributed by atoms with Crippen LogP contribution in [-0.2, 0) is 30.4 Å². The van der Waals surface area contributed by atoms with E-state index in [1.54, 1.807) is 25.1 Å². The second-order valence-corrected chi connectivity index (χ2v) is 17.0. The highest BCUT2D eigenvalue weighted by atomic mass is 35.5. The van der Waals surface area contributed by atoms with Gasteiger partial charge in [-0.15, -0.1) is 25.6 Å². The smallest absolute Gasteiger partial charge is 0.296 e. The molecule has 0 unspecified atom stereocenters.